The van der Waals surface area contributed by atoms with E-state index in [1.54, 1.807) is 11.3 Å². The molecule has 2 nitrogen and oxygen atoms in total. The third-order valence-corrected chi connectivity index (χ3v) is 5.32. The molecule has 4 heteroatoms. The van der Waals surface area contributed by atoms with Crippen molar-refractivity contribution in [3.8, 4) is 0 Å². The maximum atomic E-state index is 3.54. The van der Waals surface area contributed by atoms with Crippen LogP contribution in [-0.4, -0.2) is 17.7 Å². The Morgan fingerprint density at radius 1 is 1.29 bits per heavy atom. The van der Waals surface area contributed by atoms with E-state index in [1.807, 2.05) is 0 Å². The number of fused-ring (bicyclic) bond motifs is 1. The maximum Gasteiger partial charge on any atom is 0.0569 e. The van der Waals surface area contributed by atoms with E-state index < -0.39 is 0 Å². The van der Waals surface area contributed by atoms with Gasteiger partial charge in [0.2, 0.25) is 0 Å². The molecule has 1 aromatic carbocycles. The average Bonchev–Trinajstić information content (AvgIpc) is 3.05. The number of para-hydroxylation sites is 1. The second kappa shape index (κ2) is 6.77. The van der Waals surface area contributed by atoms with E-state index in [0.717, 1.165) is 26.1 Å². The minimum absolute atomic E-state index is 0.942. The van der Waals surface area contributed by atoms with Crippen molar-refractivity contribution < 1.29 is 0 Å². The van der Waals surface area contributed by atoms with Crippen molar-refractivity contribution in [2.45, 2.75) is 19.9 Å². The standard InChI is InChI=1S/C17H19BrN2S/c1-2-19-8-7-13-10-20(11-15-9-14(18)12-21-15)17-6-4-3-5-16(13)17/h3-6,9-10,12,19H,2,7-8,11H2,1H3. The van der Waals surface area contributed by atoms with Crippen LogP contribution in [-0.2, 0) is 13.0 Å². The molecule has 0 atom stereocenters. The lowest BCUT2D eigenvalue weighted by Crippen LogP contribution is -2.15. The molecule has 1 N–H and O–H groups in total. The van der Waals surface area contributed by atoms with Crippen molar-refractivity contribution in [3.05, 3.63) is 56.8 Å². The van der Waals surface area contributed by atoms with Crippen LogP contribution >= 0.6 is 27.3 Å². The number of nitrogens with zero attached hydrogens (tertiary/aromatic N) is 1. The quantitative estimate of drug-likeness (QED) is 0.630. The molecule has 2 aromatic heterocycles. The molecule has 3 aromatic rings. The Balaban J connectivity index is 1.90. The van der Waals surface area contributed by atoms with Gasteiger partial charge in [-0.1, -0.05) is 25.1 Å². The summed E-state index contributed by atoms with van der Waals surface area (Å²) in [5.74, 6) is 0. The third-order valence-electron chi connectivity index (χ3n) is 3.64. The Kier molecular flexibility index (Phi) is 4.78. The van der Waals surface area contributed by atoms with E-state index in [4.69, 9.17) is 0 Å². The smallest absolute Gasteiger partial charge is 0.0569 e. The average molecular weight is 363 g/mol. The van der Waals surface area contributed by atoms with E-state index in [2.05, 4.69) is 74.6 Å². The molecule has 0 bridgehead atoms. The Morgan fingerprint density at radius 3 is 2.90 bits per heavy atom. The topological polar surface area (TPSA) is 17.0 Å². The van der Waals surface area contributed by atoms with Crippen LogP contribution in [0.25, 0.3) is 10.9 Å². The van der Waals surface area contributed by atoms with Crippen LogP contribution in [0, 0.1) is 0 Å². The van der Waals surface area contributed by atoms with Crippen LogP contribution in [0.3, 0.4) is 0 Å². The Labute approximate surface area is 137 Å². The van der Waals surface area contributed by atoms with Gasteiger partial charge in [-0.3, -0.25) is 0 Å². The molecule has 0 aliphatic heterocycles. The summed E-state index contributed by atoms with van der Waals surface area (Å²) in [5.41, 5.74) is 2.76. The van der Waals surface area contributed by atoms with Gasteiger partial charge in [0.1, 0.15) is 0 Å². The summed E-state index contributed by atoms with van der Waals surface area (Å²) in [4.78, 5) is 1.38. The van der Waals surface area contributed by atoms with Crippen LogP contribution in [0.1, 0.15) is 17.4 Å². The highest BCUT2D eigenvalue weighted by Crippen LogP contribution is 2.25. The number of nitrogens with one attached hydrogen (secondary N) is 1. The van der Waals surface area contributed by atoms with Gasteiger partial charge in [0.05, 0.1) is 6.54 Å². The zero-order valence-electron chi connectivity index (χ0n) is 12.1. The predicted octanol–water partition coefficient (Wildman–Crippen LogP) is 4.67. The van der Waals surface area contributed by atoms with Gasteiger partial charge in [-0.15, -0.1) is 11.3 Å². The van der Waals surface area contributed by atoms with E-state index in [9.17, 15) is 0 Å². The van der Waals surface area contributed by atoms with Gasteiger partial charge in [0, 0.05) is 31.8 Å². The number of hydrogen-bond donors (Lipinski definition) is 1. The second-order valence-electron chi connectivity index (χ2n) is 5.13. The summed E-state index contributed by atoms with van der Waals surface area (Å²) in [7, 11) is 0. The Hall–Kier alpha value is -1.10. The zero-order valence-corrected chi connectivity index (χ0v) is 14.5. The number of aromatic nitrogens is 1. The molecule has 0 aliphatic carbocycles. The summed E-state index contributed by atoms with van der Waals surface area (Å²) in [6.07, 6.45) is 3.39. The molecule has 0 spiro atoms. The van der Waals surface area contributed by atoms with Gasteiger partial charge in [-0.05, 0) is 53.1 Å². The number of hydrogen-bond acceptors (Lipinski definition) is 2. The van der Waals surface area contributed by atoms with Gasteiger partial charge >= 0.3 is 0 Å². The van der Waals surface area contributed by atoms with Crippen molar-refractivity contribution in [2.75, 3.05) is 13.1 Å². The normalized spacial score (nSPS) is 11.3. The number of rotatable bonds is 6. The SMILES string of the molecule is CCNCCc1cn(Cc2cc(Br)cs2)c2ccccc12. The zero-order chi connectivity index (χ0) is 14.7. The van der Waals surface area contributed by atoms with Gasteiger partial charge < -0.3 is 9.88 Å². The van der Waals surface area contributed by atoms with Crippen molar-refractivity contribution in [1.29, 1.82) is 0 Å². The molecule has 0 unspecified atom stereocenters. The number of benzene rings is 1. The molecular weight excluding hydrogens is 344 g/mol. The minimum atomic E-state index is 0.942. The summed E-state index contributed by atoms with van der Waals surface area (Å²) < 4.78 is 3.54. The lowest BCUT2D eigenvalue weighted by atomic mass is 10.1. The molecule has 21 heavy (non-hydrogen) atoms. The molecule has 0 amide bonds. The monoisotopic (exact) mass is 362 g/mol. The summed E-state index contributed by atoms with van der Waals surface area (Å²) in [5, 5.41) is 6.94. The van der Waals surface area contributed by atoms with E-state index in [-0.39, 0.29) is 0 Å². The number of halogens is 1. The van der Waals surface area contributed by atoms with Crippen LogP contribution in [0.15, 0.2) is 46.4 Å². The summed E-state index contributed by atoms with van der Waals surface area (Å²) >= 11 is 5.34. The lowest BCUT2D eigenvalue weighted by Gasteiger charge is -2.02. The Bertz CT molecular complexity index is 729. The highest BCUT2D eigenvalue weighted by molar-refractivity contribution is 9.10. The second-order valence-corrected chi connectivity index (χ2v) is 7.05. The highest BCUT2D eigenvalue weighted by Gasteiger charge is 2.09. The molecule has 0 aliphatic rings. The van der Waals surface area contributed by atoms with E-state index >= 15 is 0 Å². The molecule has 110 valence electrons. The Morgan fingerprint density at radius 2 is 2.14 bits per heavy atom. The van der Waals surface area contributed by atoms with Crippen LogP contribution in [0.2, 0.25) is 0 Å². The highest BCUT2D eigenvalue weighted by atomic mass is 79.9. The first-order chi connectivity index (χ1) is 10.3. The van der Waals surface area contributed by atoms with Crippen LogP contribution in [0.5, 0.6) is 0 Å². The van der Waals surface area contributed by atoms with Crippen molar-refractivity contribution >= 4 is 38.2 Å². The van der Waals surface area contributed by atoms with Gasteiger partial charge in [0.25, 0.3) is 0 Å². The lowest BCUT2D eigenvalue weighted by molar-refractivity contribution is 0.716. The fraction of sp³-hybridized carbons (Fsp3) is 0.294. The minimum Gasteiger partial charge on any atom is -0.342 e. The first kappa shape index (κ1) is 14.8. The van der Waals surface area contributed by atoms with Crippen molar-refractivity contribution in [3.63, 3.8) is 0 Å². The third kappa shape index (κ3) is 3.39. The van der Waals surface area contributed by atoms with Crippen molar-refractivity contribution in [1.82, 2.24) is 9.88 Å². The van der Waals surface area contributed by atoms with Crippen LogP contribution < -0.4 is 5.32 Å². The molecule has 0 saturated carbocycles. The first-order valence-corrected chi connectivity index (χ1v) is 8.95. The molecule has 3 rings (SSSR count). The fourth-order valence-electron chi connectivity index (χ4n) is 2.66. The van der Waals surface area contributed by atoms with E-state index in [1.165, 1.54) is 25.8 Å². The van der Waals surface area contributed by atoms with E-state index in [0.29, 0.717) is 0 Å². The number of likely N-dealkylation sites (N-methyl/N-ethyl adjacent to an activating group) is 1. The molecule has 0 radical (unpaired) electrons. The van der Waals surface area contributed by atoms with Gasteiger partial charge in [-0.2, -0.15) is 0 Å². The van der Waals surface area contributed by atoms with Gasteiger partial charge in [-0.25, -0.2) is 0 Å². The fourth-order valence-corrected chi connectivity index (χ4v) is 4.11. The van der Waals surface area contributed by atoms with Crippen LogP contribution in [0.4, 0.5) is 0 Å². The molecular formula is C17H19BrN2S. The molecule has 0 saturated heterocycles. The maximum absolute atomic E-state index is 3.54. The molecule has 0 fully saturated rings. The summed E-state index contributed by atoms with van der Waals surface area (Å²) in [6, 6.07) is 10.9. The predicted molar refractivity (Wildman–Crippen MR) is 95.3 cm³/mol. The first-order valence-electron chi connectivity index (χ1n) is 7.28. The van der Waals surface area contributed by atoms with Crippen molar-refractivity contribution in [2.24, 2.45) is 0 Å². The largest absolute Gasteiger partial charge is 0.342 e. The van der Waals surface area contributed by atoms with Gasteiger partial charge in [0.15, 0.2) is 0 Å². The summed E-state index contributed by atoms with van der Waals surface area (Å²) in [6.45, 7) is 5.16. The number of thiophene rings is 1. The molecule has 2 heterocycles.